The van der Waals surface area contributed by atoms with Gasteiger partial charge in [0.25, 0.3) is 0 Å². The maximum absolute atomic E-state index is 5.36. The minimum Gasteiger partial charge on any atom is -0.382 e. The summed E-state index contributed by atoms with van der Waals surface area (Å²) in [6.07, 6.45) is 3.06. The first kappa shape index (κ1) is 20.6. The first-order chi connectivity index (χ1) is 8.35. The number of nitrogens with one attached hydrogen (secondary N) is 2. The topological polar surface area (TPSA) is 54.9 Å². The number of thioether (sulfide) groups is 1. The summed E-state index contributed by atoms with van der Waals surface area (Å²) in [4.78, 5) is 4.13. The van der Waals surface area contributed by atoms with Crippen molar-refractivity contribution >= 4 is 41.7 Å². The molecule has 0 aliphatic carbocycles. The molecule has 0 aliphatic heterocycles. The molecule has 0 heterocycles. The number of ether oxygens (including phenoxy) is 2. The second-order valence-electron chi connectivity index (χ2n) is 3.38. The van der Waals surface area contributed by atoms with Gasteiger partial charge in [0.1, 0.15) is 0 Å². The number of halogens is 1. The standard InChI is InChI=1S/C11H25N3O2S.HI/c1-12-11(14-6-10-17-3)13-5-4-7-16-9-8-15-2;/h4-10H2,1-3H3,(H2,12,13,14);1H. The lowest BCUT2D eigenvalue weighted by Crippen LogP contribution is -2.39. The van der Waals surface area contributed by atoms with Crippen LogP contribution < -0.4 is 10.6 Å². The highest BCUT2D eigenvalue weighted by molar-refractivity contribution is 14.0. The van der Waals surface area contributed by atoms with Gasteiger partial charge in [-0.1, -0.05) is 0 Å². The molecule has 0 amide bonds. The molecule has 0 saturated carbocycles. The van der Waals surface area contributed by atoms with Crippen LogP contribution in [0.1, 0.15) is 6.42 Å². The highest BCUT2D eigenvalue weighted by Crippen LogP contribution is 1.87. The number of methoxy groups -OCH3 is 1. The van der Waals surface area contributed by atoms with Crippen molar-refractivity contribution in [3.8, 4) is 0 Å². The van der Waals surface area contributed by atoms with Gasteiger partial charge in [-0.15, -0.1) is 24.0 Å². The first-order valence-corrected chi connectivity index (χ1v) is 7.24. The fraction of sp³-hybridized carbons (Fsp3) is 0.909. The fourth-order valence-corrected chi connectivity index (χ4v) is 1.42. The van der Waals surface area contributed by atoms with Gasteiger partial charge in [-0.3, -0.25) is 4.99 Å². The summed E-state index contributed by atoms with van der Waals surface area (Å²) in [7, 11) is 3.46. The second-order valence-corrected chi connectivity index (χ2v) is 4.36. The zero-order valence-corrected chi connectivity index (χ0v) is 14.7. The molecule has 0 spiro atoms. The molecule has 0 atom stereocenters. The van der Waals surface area contributed by atoms with Crippen LogP contribution in [0.5, 0.6) is 0 Å². The maximum Gasteiger partial charge on any atom is 0.191 e. The van der Waals surface area contributed by atoms with Gasteiger partial charge < -0.3 is 20.1 Å². The lowest BCUT2D eigenvalue weighted by molar-refractivity contribution is 0.0698. The van der Waals surface area contributed by atoms with Crippen LogP contribution >= 0.6 is 35.7 Å². The Hall–Kier alpha value is 0.270. The van der Waals surface area contributed by atoms with Crippen LogP contribution in [-0.4, -0.2) is 65.0 Å². The lowest BCUT2D eigenvalue weighted by Gasteiger charge is -2.11. The number of aliphatic imine (C=N–C) groups is 1. The van der Waals surface area contributed by atoms with E-state index in [1.807, 2.05) is 11.8 Å². The normalized spacial score (nSPS) is 10.9. The molecule has 0 saturated heterocycles. The molecular formula is C11H26IN3O2S. The average molecular weight is 391 g/mol. The minimum absolute atomic E-state index is 0. The largest absolute Gasteiger partial charge is 0.382 e. The number of rotatable bonds is 10. The SMILES string of the molecule is CN=C(NCCCOCCOC)NCCSC.I. The molecule has 0 aromatic heterocycles. The predicted molar refractivity (Wildman–Crippen MR) is 90.5 cm³/mol. The smallest absolute Gasteiger partial charge is 0.191 e. The molecule has 0 unspecified atom stereocenters. The third kappa shape index (κ3) is 14.3. The Labute approximate surface area is 132 Å². The lowest BCUT2D eigenvalue weighted by atomic mass is 10.4. The van der Waals surface area contributed by atoms with Gasteiger partial charge in [-0.25, -0.2) is 0 Å². The van der Waals surface area contributed by atoms with E-state index in [1.165, 1.54) is 0 Å². The summed E-state index contributed by atoms with van der Waals surface area (Å²) in [6, 6.07) is 0. The van der Waals surface area contributed by atoms with Crippen molar-refractivity contribution < 1.29 is 9.47 Å². The molecule has 5 nitrogen and oxygen atoms in total. The maximum atomic E-state index is 5.36. The van der Waals surface area contributed by atoms with Gasteiger partial charge in [0, 0.05) is 39.6 Å². The number of hydrogen-bond donors (Lipinski definition) is 2. The van der Waals surface area contributed by atoms with Gasteiger partial charge in [0.15, 0.2) is 5.96 Å². The second kappa shape index (κ2) is 17.3. The van der Waals surface area contributed by atoms with E-state index >= 15 is 0 Å². The van der Waals surface area contributed by atoms with Gasteiger partial charge >= 0.3 is 0 Å². The molecule has 0 rings (SSSR count). The van der Waals surface area contributed by atoms with Crippen molar-refractivity contribution in [1.29, 1.82) is 0 Å². The number of guanidine groups is 1. The molecule has 7 heteroatoms. The van der Waals surface area contributed by atoms with E-state index in [1.54, 1.807) is 14.2 Å². The van der Waals surface area contributed by atoms with Crippen molar-refractivity contribution in [2.75, 3.05) is 59.1 Å². The Balaban J connectivity index is 0. The summed E-state index contributed by atoms with van der Waals surface area (Å²) in [6.45, 7) is 3.87. The van der Waals surface area contributed by atoms with Crippen LogP contribution in [0.15, 0.2) is 4.99 Å². The van der Waals surface area contributed by atoms with Gasteiger partial charge in [0.2, 0.25) is 0 Å². The zero-order chi connectivity index (χ0) is 12.8. The molecule has 0 fully saturated rings. The molecule has 0 aromatic carbocycles. The van der Waals surface area contributed by atoms with Crippen molar-refractivity contribution in [2.45, 2.75) is 6.42 Å². The molecule has 0 radical (unpaired) electrons. The van der Waals surface area contributed by atoms with Crippen molar-refractivity contribution in [3.05, 3.63) is 0 Å². The molecule has 0 aromatic rings. The molecule has 0 bridgehead atoms. The Morgan fingerprint density at radius 3 is 2.50 bits per heavy atom. The third-order valence-electron chi connectivity index (χ3n) is 2.01. The molecule has 2 N–H and O–H groups in total. The Morgan fingerprint density at radius 2 is 1.89 bits per heavy atom. The van der Waals surface area contributed by atoms with Gasteiger partial charge in [-0.05, 0) is 12.7 Å². The van der Waals surface area contributed by atoms with E-state index < -0.39 is 0 Å². The summed E-state index contributed by atoms with van der Waals surface area (Å²) in [5.41, 5.74) is 0. The van der Waals surface area contributed by atoms with E-state index in [0.717, 1.165) is 37.8 Å². The summed E-state index contributed by atoms with van der Waals surface area (Å²) in [5, 5.41) is 6.48. The number of hydrogen-bond acceptors (Lipinski definition) is 4. The number of nitrogens with zero attached hydrogens (tertiary/aromatic N) is 1. The average Bonchev–Trinajstić information content (AvgIpc) is 2.35. The molecular weight excluding hydrogens is 365 g/mol. The van der Waals surface area contributed by atoms with E-state index in [-0.39, 0.29) is 24.0 Å². The van der Waals surface area contributed by atoms with Crippen LogP contribution in [0.3, 0.4) is 0 Å². The van der Waals surface area contributed by atoms with Crippen LogP contribution in [0, 0.1) is 0 Å². The zero-order valence-electron chi connectivity index (χ0n) is 11.5. The minimum atomic E-state index is 0. The Bertz CT molecular complexity index is 197. The third-order valence-corrected chi connectivity index (χ3v) is 2.62. The quantitative estimate of drug-likeness (QED) is 0.254. The van der Waals surface area contributed by atoms with E-state index in [2.05, 4.69) is 21.9 Å². The van der Waals surface area contributed by atoms with Gasteiger partial charge in [0.05, 0.1) is 13.2 Å². The summed E-state index contributed by atoms with van der Waals surface area (Å²) >= 11 is 1.82. The molecule has 110 valence electrons. The predicted octanol–water partition coefficient (Wildman–Crippen LogP) is 1.19. The van der Waals surface area contributed by atoms with Crippen LogP contribution in [0.2, 0.25) is 0 Å². The highest BCUT2D eigenvalue weighted by atomic mass is 127. The van der Waals surface area contributed by atoms with E-state index in [9.17, 15) is 0 Å². The molecule has 18 heavy (non-hydrogen) atoms. The Morgan fingerprint density at radius 1 is 1.17 bits per heavy atom. The highest BCUT2D eigenvalue weighted by Gasteiger charge is 1.95. The monoisotopic (exact) mass is 391 g/mol. The van der Waals surface area contributed by atoms with Gasteiger partial charge in [-0.2, -0.15) is 11.8 Å². The summed E-state index contributed by atoms with van der Waals surface area (Å²) in [5.74, 6) is 1.94. The van der Waals surface area contributed by atoms with Crippen molar-refractivity contribution in [2.24, 2.45) is 4.99 Å². The van der Waals surface area contributed by atoms with Crippen molar-refractivity contribution in [1.82, 2.24) is 10.6 Å². The fourth-order valence-electron chi connectivity index (χ4n) is 1.12. The van der Waals surface area contributed by atoms with E-state index in [0.29, 0.717) is 13.2 Å². The van der Waals surface area contributed by atoms with Crippen LogP contribution in [0.4, 0.5) is 0 Å². The van der Waals surface area contributed by atoms with Crippen LogP contribution in [-0.2, 0) is 9.47 Å². The van der Waals surface area contributed by atoms with Crippen molar-refractivity contribution in [3.63, 3.8) is 0 Å². The van der Waals surface area contributed by atoms with E-state index in [4.69, 9.17) is 9.47 Å². The molecule has 0 aliphatic rings. The van der Waals surface area contributed by atoms with Crippen LogP contribution in [0.25, 0.3) is 0 Å². The summed E-state index contributed by atoms with van der Waals surface area (Å²) < 4.78 is 10.2. The Kier molecular flexibility index (Phi) is 19.8. The first-order valence-electron chi connectivity index (χ1n) is 5.85.